The number of halogens is 3. The summed E-state index contributed by atoms with van der Waals surface area (Å²) in [5.41, 5.74) is 8.58. The molecule has 0 aliphatic heterocycles. The van der Waals surface area contributed by atoms with Crippen LogP contribution in [0.4, 0.5) is 13.2 Å². The van der Waals surface area contributed by atoms with Crippen molar-refractivity contribution in [3.05, 3.63) is 107 Å². The van der Waals surface area contributed by atoms with Crippen LogP contribution in [-0.4, -0.2) is 6.54 Å². The van der Waals surface area contributed by atoms with Gasteiger partial charge in [-0.3, -0.25) is 0 Å². The van der Waals surface area contributed by atoms with Gasteiger partial charge in [-0.15, -0.1) is 0 Å². The van der Waals surface area contributed by atoms with Gasteiger partial charge in [0, 0.05) is 6.54 Å². The minimum absolute atomic E-state index is 0.485. The van der Waals surface area contributed by atoms with Crippen LogP contribution in [0.3, 0.4) is 0 Å². The summed E-state index contributed by atoms with van der Waals surface area (Å²) in [6, 6.07) is 14.9. The summed E-state index contributed by atoms with van der Waals surface area (Å²) < 4.78 is 38.0. The molecule has 2 aromatic rings. The Morgan fingerprint density at radius 1 is 0.963 bits per heavy atom. The fourth-order valence-electron chi connectivity index (χ4n) is 2.41. The van der Waals surface area contributed by atoms with Crippen LogP contribution < -0.4 is 5.73 Å². The number of rotatable bonds is 6. The third kappa shape index (κ3) is 6.76. The normalized spacial score (nSPS) is 13.7. The minimum Gasteiger partial charge on any atom is -0.327 e. The third-order valence-electron chi connectivity index (χ3n) is 3.88. The molecule has 0 fully saturated rings. The lowest BCUT2D eigenvalue weighted by molar-refractivity contribution is -0.137. The minimum atomic E-state index is -4.32. The molecule has 2 N–H and O–H groups in total. The first kappa shape index (κ1) is 20.5. The molecule has 0 bridgehead atoms. The standard InChI is InChI=1S/C23H22F3N/c1-18(16-17-27)6-5-9-21(20-7-3-2-4-8-20)13-10-19-11-14-22(15-12-19)23(24,25)26/h2-16H,17,27H2,1H3/b6-5+,13-10+,18-16+,21-9-. The maximum absolute atomic E-state index is 12.7. The summed E-state index contributed by atoms with van der Waals surface area (Å²) in [6.45, 7) is 2.46. The Balaban J connectivity index is 2.26. The molecule has 0 spiro atoms. The molecular weight excluding hydrogens is 347 g/mol. The highest BCUT2D eigenvalue weighted by Gasteiger charge is 2.29. The molecule has 0 aliphatic carbocycles. The number of allylic oxidation sites excluding steroid dienone is 6. The largest absolute Gasteiger partial charge is 0.416 e. The van der Waals surface area contributed by atoms with Crippen LogP contribution in [0.25, 0.3) is 11.6 Å². The number of alkyl halides is 3. The van der Waals surface area contributed by atoms with E-state index < -0.39 is 11.7 Å². The van der Waals surface area contributed by atoms with Gasteiger partial charge in [0.25, 0.3) is 0 Å². The molecule has 2 aromatic carbocycles. The predicted octanol–water partition coefficient (Wildman–Crippen LogP) is 6.26. The van der Waals surface area contributed by atoms with Crippen molar-refractivity contribution < 1.29 is 13.2 Å². The fourth-order valence-corrected chi connectivity index (χ4v) is 2.41. The van der Waals surface area contributed by atoms with Gasteiger partial charge < -0.3 is 5.73 Å². The van der Waals surface area contributed by atoms with E-state index in [1.54, 1.807) is 6.08 Å². The molecule has 0 heterocycles. The zero-order chi connectivity index (χ0) is 19.7. The van der Waals surface area contributed by atoms with E-state index in [9.17, 15) is 13.2 Å². The molecule has 140 valence electrons. The first-order valence-electron chi connectivity index (χ1n) is 8.56. The Morgan fingerprint density at radius 3 is 2.22 bits per heavy atom. The summed E-state index contributed by atoms with van der Waals surface area (Å²) in [6.07, 6.45) is 7.15. The van der Waals surface area contributed by atoms with Crippen LogP contribution in [0.5, 0.6) is 0 Å². The van der Waals surface area contributed by atoms with Crippen LogP contribution in [0.2, 0.25) is 0 Å². The molecule has 0 saturated heterocycles. The summed E-state index contributed by atoms with van der Waals surface area (Å²) in [7, 11) is 0. The lowest BCUT2D eigenvalue weighted by atomic mass is 10.0. The van der Waals surface area contributed by atoms with Crippen molar-refractivity contribution in [3.63, 3.8) is 0 Å². The van der Waals surface area contributed by atoms with E-state index in [1.165, 1.54) is 12.1 Å². The van der Waals surface area contributed by atoms with Crippen molar-refractivity contribution in [1.82, 2.24) is 0 Å². The highest BCUT2D eigenvalue weighted by Crippen LogP contribution is 2.29. The molecule has 4 heteroatoms. The molecule has 2 rings (SSSR count). The number of benzene rings is 2. The van der Waals surface area contributed by atoms with Gasteiger partial charge >= 0.3 is 6.18 Å². The molecule has 0 amide bonds. The third-order valence-corrected chi connectivity index (χ3v) is 3.88. The van der Waals surface area contributed by atoms with Crippen LogP contribution >= 0.6 is 0 Å². The second-order valence-electron chi connectivity index (χ2n) is 5.98. The van der Waals surface area contributed by atoms with Gasteiger partial charge in [-0.25, -0.2) is 0 Å². The van der Waals surface area contributed by atoms with Crippen molar-refractivity contribution in [3.8, 4) is 0 Å². The summed E-state index contributed by atoms with van der Waals surface area (Å²) >= 11 is 0. The van der Waals surface area contributed by atoms with Gasteiger partial charge in [0.1, 0.15) is 0 Å². The lowest BCUT2D eigenvalue weighted by Gasteiger charge is -2.06. The van der Waals surface area contributed by atoms with Crippen LogP contribution in [0, 0.1) is 0 Å². The molecule has 0 radical (unpaired) electrons. The van der Waals surface area contributed by atoms with Crippen molar-refractivity contribution in [2.75, 3.05) is 6.54 Å². The highest BCUT2D eigenvalue weighted by atomic mass is 19.4. The zero-order valence-corrected chi connectivity index (χ0v) is 15.1. The Labute approximate surface area is 158 Å². The van der Waals surface area contributed by atoms with Crippen LogP contribution in [0.15, 0.2) is 90.6 Å². The van der Waals surface area contributed by atoms with Crippen molar-refractivity contribution in [2.24, 2.45) is 5.73 Å². The Bertz CT molecular complexity index is 839. The topological polar surface area (TPSA) is 26.0 Å². The summed E-state index contributed by atoms with van der Waals surface area (Å²) in [5, 5.41) is 0. The van der Waals surface area contributed by atoms with E-state index >= 15 is 0 Å². The molecule has 0 saturated carbocycles. The van der Waals surface area contributed by atoms with Gasteiger partial charge in [-0.1, -0.05) is 84.5 Å². The maximum atomic E-state index is 12.7. The first-order chi connectivity index (χ1) is 12.9. The fraction of sp³-hybridized carbons (Fsp3) is 0.130. The van der Waals surface area contributed by atoms with Crippen molar-refractivity contribution in [1.29, 1.82) is 0 Å². The number of nitrogens with two attached hydrogens (primary N) is 1. The van der Waals surface area contributed by atoms with E-state index in [0.717, 1.165) is 28.8 Å². The smallest absolute Gasteiger partial charge is 0.327 e. The number of hydrogen-bond acceptors (Lipinski definition) is 1. The maximum Gasteiger partial charge on any atom is 0.416 e. The van der Waals surface area contributed by atoms with E-state index in [2.05, 4.69) is 0 Å². The second-order valence-corrected chi connectivity index (χ2v) is 5.98. The lowest BCUT2D eigenvalue weighted by Crippen LogP contribution is -2.03. The average molecular weight is 369 g/mol. The second kappa shape index (κ2) is 9.74. The molecule has 0 aliphatic rings. The van der Waals surface area contributed by atoms with Gasteiger partial charge in [-0.05, 0) is 35.8 Å². The van der Waals surface area contributed by atoms with Gasteiger partial charge in [0.15, 0.2) is 0 Å². The van der Waals surface area contributed by atoms with E-state index in [0.29, 0.717) is 12.1 Å². The van der Waals surface area contributed by atoms with Gasteiger partial charge in [0.2, 0.25) is 0 Å². The summed E-state index contributed by atoms with van der Waals surface area (Å²) in [4.78, 5) is 0. The van der Waals surface area contributed by atoms with E-state index in [1.807, 2.05) is 67.6 Å². The van der Waals surface area contributed by atoms with Crippen molar-refractivity contribution in [2.45, 2.75) is 13.1 Å². The molecule has 27 heavy (non-hydrogen) atoms. The SMILES string of the molecule is CC(/C=C/C=C(/C=C/c1ccc(C(F)(F)F)cc1)c1ccccc1)=C\CN. The number of hydrogen-bond donors (Lipinski definition) is 1. The molecular formula is C23H22F3N. The molecule has 0 atom stereocenters. The monoisotopic (exact) mass is 369 g/mol. The Kier molecular flexibility index (Phi) is 7.38. The Hall–Kier alpha value is -2.85. The predicted molar refractivity (Wildman–Crippen MR) is 107 cm³/mol. The summed E-state index contributed by atoms with van der Waals surface area (Å²) in [5.74, 6) is 0. The van der Waals surface area contributed by atoms with Crippen LogP contribution in [0.1, 0.15) is 23.6 Å². The zero-order valence-electron chi connectivity index (χ0n) is 15.1. The van der Waals surface area contributed by atoms with Crippen molar-refractivity contribution >= 4 is 11.6 Å². The highest BCUT2D eigenvalue weighted by molar-refractivity contribution is 5.79. The quantitative estimate of drug-likeness (QED) is 0.597. The van der Waals surface area contributed by atoms with E-state index in [4.69, 9.17) is 5.73 Å². The van der Waals surface area contributed by atoms with Gasteiger partial charge in [0.05, 0.1) is 5.56 Å². The Morgan fingerprint density at radius 2 is 1.63 bits per heavy atom. The van der Waals surface area contributed by atoms with Crippen LogP contribution in [-0.2, 0) is 6.18 Å². The van der Waals surface area contributed by atoms with Gasteiger partial charge in [-0.2, -0.15) is 13.2 Å². The average Bonchev–Trinajstić information content (AvgIpc) is 2.65. The first-order valence-corrected chi connectivity index (χ1v) is 8.56. The molecule has 1 nitrogen and oxygen atoms in total. The molecule has 0 aromatic heterocycles. The molecule has 0 unspecified atom stereocenters. The van der Waals surface area contributed by atoms with E-state index in [-0.39, 0.29) is 0 Å².